The van der Waals surface area contributed by atoms with Crippen LogP contribution in [0.4, 0.5) is 0 Å². The zero-order chi connectivity index (χ0) is 13.7. The summed E-state index contributed by atoms with van der Waals surface area (Å²) in [6, 6.07) is 0. The fraction of sp³-hybridized carbons (Fsp3) is 0.882. The molecule has 1 N–H and O–H groups in total. The van der Waals surface area contributed by atoms with Crippen molar-refractivity contribution in [1.29, 1.82) is 0 Å². The van der Waals surface area contributed by atoms with Gasteiger partial charge in [-0.3, -0.25) is 0 Å². The van der Waals surface area contributed by atoms with Crippen molar-refractivity contribution in [1.82, 2.24) is 5.32 Å². The molecule has 0 saturated heterocycles. The first kappa shape index (κ1) is 21.5. The fourth-order valence-electron chi connectivity index (χ4n) is 2.10. The molecule has 0 bridgehead atoms. The molecule has 0 saturated carbocycles. The minimum absolute atomic E-state index is 0. The monoisotopic (exact) mass is 333 g/mol. The van der Waals surface area contributed by atoms with Crippen LogP contribution in [0.3, 0.4) is 0 Å². The molecule has 0 unspecified atom stereocenters. The third kappa shape index (κ3) is 16.1. The maximum atomic E-state index is 3.84. The first-order valence-electron chi connectivity index (χ1n) is 8.01. The third-order valence-electron chi connectivity index (χ3n) is 3.62. The van der Waals surface area contributed by atoms with Gasteiger partial charge in [-0.15, -0.1) is 23.6 Å². The Morgan fingerprint density at radius 1 is 0.842 bits per heavy atom. The highest BCUT2D eigenvalue weighted by Gasteiger charge is 2.09. The van der Waals surface area contributed by atoms with Crippen LogP contribution in [0.15, 0.2) is 12.7 Å². The van der Waals surface area contributed by atoms with Crippen molar-refractivity contribution in [3.63, 3.8) is 0 Å². The molecule has 0 radical (unpaired) electrons. The molecule has 0 rings (SSSR count). The number of hydrogen-bond donors (Lipinski definition) is 1. The van der Waals surface area contributed by atoms with Crippen molar-refractivity contribution in [2.24, 2.45) is 0 Å². The summed E-state index contributed by atoms with van der Waals surface area (Å²) in [5.41, 5.74) is 0.0965. The molecule has 0 aliphatic heterocycles. The van der Waals surface area contributed by atoms with Crippen molar-refractivity contribution in [2.75, 3.05) is 6.54 Å². The Morgan fingerprint density at radius 3 is 1.68 bits per heavy atom. The molecule has 0 aromatic carbocycles. The van der Waals surface area contributed by atoms with Gasteiger partial charge >= 0.3 is 0 Å². The SMILES string of the molecule is Br.C=CC(C)(C)NCCCCCCCCCCCC. The van der Waals surface area contributed by atoms with Gasteiger partial charge in [0.2, 0.25) is 0 Å². The van der Waals surface area contributed by atoms with Gasteiger partial charge < -0.3 is 5.32 Å². The van der Waals surface area contributed by atoms with Crippen molar-refractivity contribution >= 4 is 17.0 Å². The Hall–Kier alpha value is 0.180. The Kier molecular flexibility index (Phi) is 16.5. The summed E-state index contributed by atoms with van der Waals surface area (Å²) in [5, 5.41) is 3.52. The van der Waals surface area contributed by atoms with E-state index in [0.29, 0.717) is 0 Å². The van der Waals surface area contributed by atoms with Gasteiger partial charge in [0.05, 0.1) is 0 Å². The van der Waals surface area contributed by atoms with E-state index in [0.717, 1.165) is 6.54 Å². The molecule has 0 heterocycles. The second-order valence-electron chi connectivity index (χ2n) is 6.03. The molecule has 0 aromatic rings. The average Bonchev–Trinajstić information content (AvgIpc) is 2.36. The summed E-state index contributed by atoms with van der Waals surface area (Å²) < 4.78 is 0. The zero-order valence-electron chi connectivity index (χ0n) is 13.5. The summed E-state index contributed by atoms with van der Waals surface area (Å²) >= 11 is 0. The molecule has 19 heavy (non-hydrogen) atoms. The molecule has 0 aliphatic rings. The third-order valence-corrected chi connectivity index (χ3v) is 3.62. The lowest BCUT2D eigenvalue weighted by Gasteiger charge is -2.21. The minimum atomic E-state index is 0. The van der Waals surface area contributed by atoms with Crippen LogP contribution in [0.5, 0.6) is 0 Å². The molecule has 116 valence electrons. The summed E-state index contributed by atoms with van der Waals surface area (Å²) in [6.45, 7) is 11.6. The molecule has 2 heteroatoms. The molecule has 0 aromatic heterocycles. The lowest BCUT2D eigenvalue weighted by atomic mass is 10.0. The van der Waals surface area contributed by atoms with Crippen molar-refractivity contribution < 1.29 is 0 Å². The van der Waals surface area contributed by atoms with E-state index in [1.807, 2.05) is 6.08 Å². The Bertz CT molecular complexity index is 190. The summed E-state index contributed by atoms with van der Waals surface area (Å²) in [6.07, 6.45) is 16.0. The summed E-state index contributed by atoms with van der Waals surface area (Å²) in [4.78, 5) is 0. The first-order valence-corrected chi connectivity index (χ1v) is 8.01. The van der Waals surface area contributed by atoms with Crippen LogP contribution in [0.1, 0.15) is 85.0 Å². The van der Waals surface area contributed by atoms with E-state index in [2.05, 4.69) is 32.7 Å². The smallest absolute Gasteiger partial charge is 0.0304 e. The Balaban J connectivity index is 0. The van der Waals surface area contributed by atoms with Crippen LogP contribution in [0.2, 0.25) is 0 Å². The van der Waals surface area contributed by atoms with E-state index in [9.17, 15) is 0 Å². The Labute approximate surface area is 132 Å². The second-order valence-corrected chi connectivity index (χ2v) is 6.03. The van der Waals surface area contributed by atoms with Gasteiger partial charge in [0.25, 0.3) is 0 Å². The van der Waals surface area contributed by atoms with Crippen LogP contribution in [-0.4, -0.2) is 12.1 Å². The van der Waals surface area contributed by atoms with Gasteiger partial charge in [0.1, 0.15) is 0 Å². The van der Waals surface area contributed by atoms with Crippen LogP contribution in [0, 0.1) is 0 Å². The molecular formula is C17H36BrN. The van der Waals surface area contributed by atoms with E-state index in [1.54, 1.807) is 0 Å². The van der Waals surface area contributed by atoms with E-state index in [-0.39, 0.29) is 22.5 Å². The van der Waals surface area contributed by atoms with Crippen LogP contribution >= 0.6 is 17.0 Å². The van der Waals surface area contributed by atoms with Gasteiger partial charge in [-0.25, -0.2) is 0 Å². The molecule has 0 spiro atoms. The quantitative estimate of drug-likeness (QED) is 0.320. The lowest BCUT2D eigenvalue weighted by molar-refractivity contribution is 0.457. The van der Waals surface area contributed by atoms with E-state index >= 15 is 0 Å². The van der Waals surface area contributed by atoms with Gasteiger partial charge in [0, 0.05) is 5.54 Å². The van der Waals surface area contributed by atoms with Crippen molar-refractivity contribution in [3.05, 3.63) is 12.7 Å². The lowest BCUT2D eigenvalue weighted by Crippen LogP contribution is -2.37. The highest BCUT2D eigenvalue weighted by molar-refractivity contribution is 8.93. The molecule has 1 nitrogen and oxygen atoms in total. The van der Waals surface area contributed by atoms with Crippen molar-refractivity contribution in [3.8, 4) is 0 Å². The molecule has 0 amide bonds. The van der Waals surface area contributed by atoms with Gasteiger partial charge in [-0.2, -0.15) is 0 Å². The summed E-state index contributed by atoms with van der Waals surface area (Å²) in [7, 11) is 0. The molecule has 0 atom stereocenters. The number of nitrogens with one attached hydrogen (secondary N) is 1. The Morgan fingerprint density at radius 2 is 1.26 bits per heavy atom. The predicted molar refractivity (Wildman–Crippen MR) is 94.4 cm³/mol. The maximum Gasteiger partial charge on any atom is 0.0304 e. The molecule has 0 aliphatic carbocycles. The van der Waals surface area contributed by atoms with Crippen molar-refractivity contribution in [2.45, 2.75) is 90.5 Å². The van der Waals surface area contributed by atoms with E-state index in [4.69, 9.17) is 0 Å². The maximum absolute atomic E-state index is 3.84. The largest absolute Gasteiger partial charge is 0.308 e. The van der Waals surface area contributed by atoms with Gasteiger partial charge in [0.15, 0.2) is 0 Å². The first-order chi connectivity index (χ1) is 8.62. The van der Waals surface area contributed by atoms with Crippen LogP contribution < -0.4 is 5.32 Å². The number of halogens is 1. The van der Waals surface area contributed by atoms with Gasteiger partial charge in [-0.05, 0) is 26.8 Å². The van der Waals surface area contributed by atoms with E-state index < -0.39 is 0 Å². The highest BCUT2D eigenvalue weighted by Crippen LogP contribution is 2.10. The normalized spacial score (nSPS) is 11.1. The number of rotatable bonds is 13. The topological polar surface area (TPSA) is 12.0 Å². The number of hydrogen-bond acceptors (Lipinski definition) is 1. The zero-order valence-corrected chi connectivity index (χ0v) is 15.2. The predicted octanol–water partition coefficient (Wildman–Crippen LogP) is 6.04. The van der Waals surface area contributed by atoms with E-state index in [1.165, 1.54) is 64.2 Å². The standard InChI is InChI=1S/C17H35N.BrH/c1-5-7-8-9-10-11-12-13-14-15-16-18-17(3,4)6-2;/h6,18H,2,5,7-16H2,1,3-4H3;1H. The van der Waals surface area contributed by atoms with Crippen LogP contribution in [0.25, 0.3) is 0 Å². The average molecular weight is 334 g/mol. The fourth-order valence-corrected chi connectivity index (χ4v) is 2.10. The van der Waals surface area contributed by atoms with Crippen LogP contribution in [-0.2, 0) is 0 Å². The molecular weight excluding hydrogens is 298 g/mol. The highest BCUT2D eigenvalue weighted by atomic mass is 79.9. The number of unbranched alkanes of at least 4 members (excludes halogenated alkanes) is 9. The minimum Gasteiger partial charge on any atom is -0.308 e. The molecule has 0 fully saturated rings. The second kappa shape index (κ2) is 14.6. The van der Waals surface area contributed by atoms with Gasteiger partial charge in [-0.1, -0.05) is 70.8 Å². The summed E-state index contributed by atoms with van der Waals surface area (Å²) in [5.74, 6) is 0.